The number of anilines is 1. The SMILES string of the molecule is C[C@@H]1CN(c2c(CO)nc3c(C(=O)NCc4ccccc4)noc3c2Cl)C[C@H](C)O1. The molecular formula is C21H23ClN4O4. The minimum Gasteiger partial charge on any atom is -0.390 e. The fourth-order valence-corrected chi connectivity index (χ4v) is 4.11. The second-order valence-electron chi connectivity index (χ2n) is 7.42. The van der Waals surface area contributed by atoms with Crippen LogP contribution >= 0.6 is 11.6 Å². The standard InChI is InChI=1S/C21H23ClN4O4/c1-12-9-26(10-13(2)29-12)19-15(11-27)24-17-18(25-30-20(17)16(19)22)21(28)23-8-14-6-4-3-5-7-14/h3-7,12-13,27H,8-11H2,1-2H3,(H,23,28)/t12-,13+. The monoisotopic (exact) mass is 430 g/mol. The van der Waals surface area contributed by atoms with Crippen molar-refractivity contribution in [3.8, 4) is 0 Å². The van der Waals surface area contributed by atoms with Gasteiger partial charge >= 0.3 is 0 Å². The molecule has 9 heteroatoms. The number of aliphatic hydroxyl groups excluding tert-OH is 1. The molecule has 1 aliphatic heterocycles. The maximum absolute atomic E-state index is 12.7. The largest absolute Gasteiger partial charge is 0.390 e. The Morgan fingerprint density at radius 2 is 1.97 bits per heavy atom. The smallest absolute Gasteiger partial charge is 0.276 e. The van der Waals surface area contributed by atoms with Crippen molar-refractivity contribution in [1.82, 2.24) is 15.5 Å². The molecule has 30 heavy (non-hydrogen) atoms. The topological polar surface area (TPSA) is 101 Å². The maximum Gasteiger partial charge on any atom is 0.276 e. The Morgan fingerprint density at radius 3 is 2.63 bits per heavy atom. The third-order valence-corrected chi connectivity index (χ3v) is 5.34. The normalized spacial score (nSPS) is 19.3. The number of aliphatic hydroxyl groups is 1. The van der Waals surface area contributed by atoms with Crippen molar-refractivity contribution in [2.24, 2.45) is 0 Å². The summed E-state index contributed by atoms with van der Waals surface area (Å²) in [7, 11) is 0. The summed E-state index contributed by atoms with van der Waals surface area (Å²) in [6, 6.07) is 9.54. The third kappa shape index (κ3) is 3.98. The fraction of sp³-hybridized carbons (Fsp3) is 0.381. The first-order valence-corrected chi connectivity index (χ1v) is 10.2. The van der Waals surface area contributed by atoms with Crippen molar-refractivity contribution in [3.05, 3.63) is 52.3 Å². The van der Waals surface area contributed by atoms with Gasteiger partial charge in [0.25, 0.3) is 5.91 Å². The van der Waals surface area contributed by atoms with E-state index in [1.54, 1.807) is 0 Å². The predicted octanol–water partition coefficient (Wildman–Crippen LogP) is 2.91. The van der Waals surface area contributed by atoms with Crippen molar-refractivity contribution in [2.45, 2.75) is 39.2 Å². The molecule has 0 aliphatic carbocycles. The minimum absolute atomic E-state index is 0.00103. The van der Waals surface area contributed by atoms with Crippen LogP contribution in [0.15, 0.2) is 34.9 Å². The lowest BCUT2D eigenvalue weighted by Crippen LogP contribution is -2.46. The Kier molecular flexibility index (Phi) is 5.90. The van der Waals surface area contributed by atoms with Gasteiger partial charge in [0.2, 0.25) is 5.58 Å². The number of hydrogen-bond acceptors (Lipinski definition) is 7. The van der Waals surface area contributed by atoms with E-state index in [9.17, 15) is 9.90 Å². The summed E-state index contributed by atoms with van der Waals surface area (Å²) in [5, 5.41) is 16.9. The molecule has 1 fully saturated rings. The van der Waals surface area contributed by atoms with E-state index in [0.717, 1.165) is 5.56 Å². The van der Waals surface area contributed by atoms with Crippen LogP contribution in [-0.4, -0.2) is 46.5 Å². The molecular weight excluding hydrogens is 408 g/mol. The molecule has 2 atom stereocenters. The summed E-state index contributed by atoms with van der Waals surface area (Å²) < 4.78 is 11.2. The molecule has 0 saturated carbocycles. The number of aromatic nitrogens is 2. The highest BCUT2D eigenvalue weighted by molar-refractivity contribution is 6.37. The molecule has 2 aromatic heterocycles. The Balaban J connectivity index is 1.66. The van der Waals surface area contributed by atoms with E-state index in [4.69, 9.17) is 20.9 Å². The third-order valence-electron chi connectivity index (χ3n) is 4.99. The average molecular weight is 431 g/mol. The highest BCUT2D eigenvalue weighted by Gasteiger charge is 2.30. The van der Waals surface area contributed by atoms with Crippen LogP contribution < -0.4 is 10.2 Å². The zero-order valence-electron chi connectivity index (χ0n) is 16.8. The summed E-state index contributed by atoms with van der Waals surface area (Å²) >= 11 is 6.65. The number of carbonyl (C=O) groups excluding carboxylic acids is 1. The predicted molar refractivity (Wildman–Crippen MR) is 113 cm³/mol. The van der Waals surface area contributed by atoms with Gasteiger partial charge in [0.15, 0.2) is 5.69 Å². The molecule has 1 amide bonds. The molecule has 1 saturated heterocycles. The van der Waals surface area contributed by atoms with Crippen LogP contribution in [0.1, 0.15) is 35.6 Å². The molecule has 1 aliphatic rings. The minimum atomic E-state index is -0.425. The fourth-order valence-electron chi connectivity index (χ4n) is 3.76. The number of rotatable bonds is 5. The zero-order chi connectivity index (χ0) is 21.3. The van der Waals surface area contributed by atoms with E-state index in [1.807, 2.05) is 49.1 Å². The second kappa shape index (κ2) is 8.59. The molecule has 0 bridgehead atoms. The summed E-state index contributed by atoms with van der Waals surface area (Å²) in [4.78, 5) is 19.2. The van der Waals surface area contributed by atoms with Crippen LogP contribution in [0.2, 0.25) is 5.02 Å². The number of nitrogens with one attached hydrogen (secondary N) is 1. The summed E-state index contributed by atoms with van der Waals surface area (Å²) in [6.45, 7) is 5.17. The van der Waals surface area contributed by atoms with Crippen LogP contribution in [-0.2, 0) is 17.9 Å². The Bertz CT molecular complexity index is 1050. The first-order chi connectivity index (χ1) is 14.5. The first-order valence-electron chi connectivity index (χ1n) is 9.79. The van der Waals surface area contributed by atoms with Crippen LogP contribution in [0.3, 0.4) is 0 Å². The van der Waals surface area contributed by atoms with Gasteiger partial charge < -0.3 is 24.6 Å². The van der Waals surface area contributed by atoms with Crippen molar-refractivity contribution >= 4 is 34.3 Å². The molecule has 0 unspecified atom stereocenters. The number of fused-ring (bicyclic) bond motifs is 1. The van der Waals surface area contributed by atoms with Gasteiger partial charge in [-0.25, -0.2) is 4.98 Å². The summed E-state index contributed by atoms with van der Waals surface area (Å²) in [5.41, 5.74) is 2.40. The van der Waals surface area contributed by atoms with Crippen LogP contribution in [0.5, 0.6) is 0 Å². The molecule has 1 aromatic carbocycles. The molecule has 0 radical (unpaired) electrons. The van der Waals surface area contributed by atoms with Gasteiger partial charge in [0.05, 0.1) is 30.2 Å². The Labute approximate surface area is 178 Å². The zero-order valence-corrected chi connectivity index (χ0v) is 17.5. The van der Waals surface area contributed by atoms with Gasteiger partial charge in [-0.1, -0.05) is 47.1 Å². The first kappa shape index (κ1) is 20.6. The lowest BCUT2D eigenvalue weighted by Gasteiger charge is -2.37. The molecule has 3 aromatic rings. The average Bonchev–Trinajstić information content (AvgIpc) is 3.16. The number of carbonyl (C=O) groups is 1. The van der Waals surface area contributed by atoms with Crippen molar-refractivity contribution in [1.29, 1.82) is 0 Å². The quantitative estimate of drug-likeness (QED) is 0.641. The molecule has 0 spiro atoms. The van der Waals surface area contributed by atoms with Crippen LogP contribution in [0, 0.1) is 0 Å². The molecule has 158 valence electrons. The van der Waals surface area contributed by atoms with E-state index >= 15 is 0 Å². The van der Waals surface area contributed by atoms with E-state index in [2.05, 4.69) is 15.5 Å². The van der Waals surface area contributed by atoms with Gasteiger partial charge in [-0.3, -0.25) is 4.79 Å². The lowest BCUT2D eigenvalue weighted by molar-refractivity contribution is -0.00533. The lowest BCUT2D eigenvalue weighted by atomic mass is 10.1. The van der Waals surface area contributed by atoms with Crippen LogP contribution in [0.4, 0.5) is 5.69 Å². The Morgan fingerprint density at radius 1 is 1.27 bits per heavy atom. The highest BCUT2D eigenvalue weighted by atomic mass is 35.5. The van der Waals surface area contributed by atoms with Gasteiger partial charge in [-0.05, 0) is 19.4 Å². The number of morpholine rings is 1. The van der Waals surface area contributed by atoms with E-state index in [1.165, 1.54) is 0 Å². The summed E-state index contributed by atoms with van der Waals surface area (Å²) in [6.07, 6.45) is 0.00205. The van der Waals surface area contributed by atoms with Crippen molar-refractivity contribution in [2.75, 3.05) is 18.0 Å². The van der Waals surface area contributed by atoms with Crippen molar-refractivity contribution < 1.29 is 19.2 Å². The summed E-state index contributed by atoms with van der Waals surface area (Å²) in [5.74, 6) is -0.425. The number of amides is 1. The van der Waals surface area contributed by atoms with Gasteiger partial charge in [0, 0.05) is 19.6 Å². The van der Waals surface area contributed by atoms with Crippen molar-refractivity contribution in [3.63, 3.8) is 0 Å². The molecule has 8 nitrogen and oxygen atoms in total. The number of pyridine rings is 1. The van der Waals surface area contributed by atoms with Gasteiger partial charge in [-0.15, -0.1) is 0 Å². The van der Waals surface area contributed by atoms with Crippen LogP contribution in [0.25, 0.3) is 11.1 Å². The van der Waals surface area contributed by atoms with E-state index in [-0.39, 0.29) is 40.6 Å². The number of halogens is 1. The Hall–Kier alpha value is -2.68. The number of nitrogens with zero attached hydrogens (tertiary/aromatic N) is 3. The van der Waals surface area contributed by atoms with Gasteiger partial charge in [-0.2, -0.15) is 0 Å². The number of hydrogen-bond donors (Lipinski definition) is 2. The van der Waals surface area contributed by atoms with E-state index in [0.29, 0.717) is 31.0 Å². The molecule has 4 rings (SSSR count). The number of benzene rings is 1. The number of ether oxygens (including phenoxy) is 1. The van der Waals surface area contributed by atoms with E-state index < -0.39 is 5.91 Å². The molecule has 3 heterocycles. The maximum atomic E-state index is 12.7. The second-order valence-corrected chi connectivity index (χ2v) is 7.80. The van der Waals surface area contributed by atoms with Gasteiger partial charge in [0.1, 0.15) is 10.5 Å². The highest BCUT2D eigenvalue weighted by Crippen LogP contribution is 2.37. The molecule has 2 N–H and O–H groups in total.